The lowest BCUT2D eigenvalue weighted by atomic mass is 10.0. The van der Waals surface area contributed by atoms with Crippen LogP contribution in [-0.2, 0) is 11.2 Å². The molecule has 0 radical (unpaired) electrons. The number of benzene rings is 1. The molecule has 0 saturated carbocycles. The van der Waals surface area contributed by atoms with Crippen molar-refractivity contribution in [1.82, 2.24) is 4.90 Å². The standard InChI is InChI=1S/C14H19N3O3/c1-2-17(7-3-6-15)14(20)11(16)8-10-4-5-12(18)13(19)9-10/h4-5,9,11,18-19H,2-3,7-8,16H2,1H3/t11-/m0/s1. The van der Waals surface area contributed by atoms with Gasteiger partial charge in [-0.15, -0.1) is 0 Å². The molecule has 0 saturated heterocycles. The number of hydrogen-bond donors (Lipinski definition) is 3. The molecule has 20 heavy (non-hydrogen) atoms. The van der Waals surface area contributed by atoms with Gasteiger partial charge in [-0.05, 0) is 31.0 Å². The lowest BCUT2D eigenvalue weighted by molar-refractivity contribution is -0.132. The number of nitrogens with two attached hydrogens (primary N) is 1. The summed E-state index contributed by atoms with van der Waals surface area (Å²) in [6.07, 6.45) is 0.530. The summed E-state index contributed by atoms with van der Waals surface area (Å²) in [5.74, 6) is -0.674. The second-order valence-electron chi connectivity index (χ2n) is 4.46. The Morgan fingerprint density at radius 2 is 2.15 bits per heavy atom. The molecule has 4 N–H and O–H groups in total. The first-order chi connectivity index (χ1) is 9.49. The van der Waals surface area contributed by atoms with Gasteiger partial charge in [-0.1, -0.05) is 6.07 Å². The number of phenolic OH excluding ortho intramolecular Hbond substituents is 2. The molecule has 6 heteroatoms. The van der Waals surface area contributed by atoms with Crippen LogP contribution in [0.3, 0.4) is 0 Å². The summed E-state index contributed by atoms with van der Waals surface area (Å²) in [5, 5.41) is 27.2. The van der Waals surface area contributed by atoms with Gasteiger partial charge in [0.2, 0.25) is 5.91 Å². The maximum absolute atomic E-state index is 12.1. The second kappa shape index (κ2) is 7.36. The molecule has 0 aliphatic carbocycles. The predicted octanol–water partition coefficient (Wildman–Crippen LogP) is 0.730. The Bertz CT molecular complexity index is 511. The van der Waals surface area contributed by atoms with Gasteiger partial charge in [0.05, 0.1) is 18.5 Å². The maximum atomic E-state index is 12.1. The molecule has 0 heterocycles. The van der Waals surface area contributed by atoms with Crippen molar-refractivity contribution in [2.24, 2.45) is 5.73 Å². The number of carbonyl (C=O) groups excluding carboxylic acids is 1. The Morgan fingerprint density at radius 1 is 1.45 bits per heavy atom. The average Bonchev–Trinajstić information content (AvgIpc) is 2.43. The Hall–Kier alpha value is -2.26. The van der Waals surface area contributed by atoms with Crippen molar-refractivity contribution < 1.29 is 15.0 Å². The fourth-order valence-corrected chi connectivity index (χ4v) is 1.88. The molecule has 0 aliphatic rings. The summed E-state index contributed by atoms with van der Waals surface area (Å²) in [5.41, 5.74) is 6.53. The molecule has 1 rings (SSSR count). The van der Waals surface area contributed by atoms with E-state index in [2.05, 4.69) is 0 Å². The Morgan fingerprint density at radius 3 is 2.70 bits per heavy atom. The molecule has 0 spiro atoms. The van der Waals surface area contributed by atoms with E-state index in [0.717, 1.165) is 0 Å². The third kappa shape index (κ3) is 4.14. The zero-order chi connectivity index (χ0) is 15.1. The first kappa shape index (κ1) is 15.8. The van der Waals surface area contributed by atoms with Crippen LogP contribution in [0.2, 0.25) is 0 Å². The van der Waals surface area contributed by atoms with Gasteiger partial charge in [0.1, 0.15) is 0 Å². The van der Waals surface area contributed by atoms with Crippen LogP contribution in [0.5, 0.6) is 11.5 Å². The van der Waals surface area contributed by atoms with Crippen LogP contribution in [0, 0.1) is 11.3 Å². The van der Waals surface area contributed by atoms with E-state index in [1.807, 2.05) is 13.0 Å². The van der Waals surface area contributed by atoms with Gasteiger partial charge in [-0.3, -0.25) is 4.79 Å². The van der Waals surface area contributed by atoms with E-state index in [0.29, 0.717) is 18.7 Å². The highest BCUT2D eigenvalue weighted by atomic mass is 16.3. The lowest BCUT2D eigenvalue weighted by Crippen LogP contribution is -2.45. The van der Waals surface area contributed by atoms with E-state index >= 15 is 0 Å². The van der Waals surface area contributed by atoms with E-state index in [1.165, 1.54) is 17.0 Å². The molecule has 0 aliphatic heterocycles. The summed E-state index contributed by atoms with van der Waals surface area (Å²) in [4.78, 5) is 13.7. The van der Waals surface area contributed by atoms with Crippen molar-refractivity contribution in [1.29, 1.82) is 5.26 Å². The van der Waals surface area contributed by atoms with Crippen molar-refractivity contribution in [2.75, 3.05) is 13.1 Å². The minimum Gasteiger partial charge on any atom is -0.504 e. The number of hydrogen-bond acceptors (Lipinski definition) is 5. The fraction of sp³-hybridized carbons (Fsp3) is 0.429. The number of likely N-dealkylation sites (N-methyl/N-ethyl adjacent to an activating group) is 1. The molecule has 0 unspecified atom stereocenters. The van der Waals surface area contributed by atoms with Crippen molar-refractivity contribution >= 4 is 5.91 Å². The molecule has 1 aromatic carbocycles. The van der Waals surface area contributed by atoms with Crippen LogP contribution >= 0.6 is 0 Å². The highest BCUT2D eigenvalue weighted by Crippen LogP contribution is 2.25. The predicted molar refractivity (Wildman–Crippen MR) is 73.9 cm³/mol. The number of nitriles is 1. The highest BCUT2D eigenvalue weighted by molar-refractivity contribution is 5.82. The number of nitrogens with zero attached hydrogens (tertiary/aromatic N) is 2. The van der Waals surface area contributed by atoms with Gasteiger partial charge in [0, 0.05) is 13.1 Å². The number of aromatic hydroxyl groups is 2. The Balaban J connectivity index is 2.69. The van der Waals surface area contributed by atoms with Crippen molar-refractivity contribution in [3.8, 4) is 17.6 Å². The van der Waals surface area contributed by atoms with Gasteiger partial charge >= 0.3 is 0 Å². The van der Waals surface area contributed by atoms with E-state index in [9.17, 15) is 15.0 Å². The smallest absolute Gasteiger partial charge is 0.239 e. The van der Waals surface area contributed by atoms with E-state index in [-0.39, 0.29) is 30.2 Å². The van der Waals surface area contributed by atoms with E-state index < -0.39 is 6.04 Å². The van der Waals surface area contributed by atoms with Crippen LogP contribution in [0.15, 0.2) is 18.2 Å². The summed E-state index contributed by atoms with van der Waals surface area (Å²) in [7, 11) is 0. The lowest BCUT2D eigenvalue weighted by Gasteiger charge is -2.23. The number of carbonyl (C=O) groups is 1. The Kier molecular flexibility index (Phi) is 5.81. The van der Waals surface area contributed by atoms with Crippen molar-refractivity contribution in [3.63, 3.8) is 0 Å². The van der Waals surface area contributed by atoms with Crippen LogP contribution in [0.1, 0.15) is 18.9 Å². The van der Waals surface area contributed by atoms with Crippen LogP contribution in [-0.4, -0.2) is 40.2 Å². The van der Waals surface area contributed by atoms with E-state index in [4.69, 9.17) is 11.0 Å². The topological polar surface area (TPSA) is 111 Å². The largest absolute Gasteiger partial charge is 0.504 e. The first-order valence-corrected chi connectivity index (χ1v) is 6.41. The number of amides is 1. The van der Waals surface area contributed by atoms with Gasteiger partial charge in [-0.25, -0.2) is 0 Å². The molecule has 0 fully saturated rings. The molecular formula is C14H19N3O3. The zero-order valence-electron chi connectivity index (χ0n) is 11.4. The van der Waals surface area contributed by atoms with Crippen LogP contribution in [0.25, 0.3) is 0 Å². The summed E-state index contributed by atoms with van der Waals surface area (Å²) < 4.78 is 0. The molecule has 1 atom stereocenters. The zero-order valence-corrected chi connectivity index (χ0v) is 11.4. The summed E-state index contributed by atoms with van der Waals surface area (Å²) in [6.45, 7) is 2.68. The molecular weight excluding hydrogens is 258 g/mol. The van der Waals surface area contributed by atoms with Gasteiger partial charge in [0.25, 0.3) is 0 Å². The molecule has 0 aromatic heterocycles. The van der Waals surface area contributed by atoms with Gasteiger partial charge < -0.3 is 20.8 Å². The van der Waals surface area contributed by atoms with Gasteiger partial charge in [-0.2, -0.15) is 5.26 Å². The number of rotatable bonds is 6. The first-order valence-electron chi connectivity index (χ1n) is 6.41. The maximum Gasteiger partial charge on any atom is 0.239 e. The minimum atomic E-state index is -0.738. The summed E-state index contributed by atoms with van der Waals surface area (Å²) >= 11 is 0. The fourth-order valence-electron chi connectivity index (χ4n) is 1.88. The van der Waals surface area contributed by atoms with Gasteiger partial charge in [0.15, 0.2) is 11.5 Å². The van der Waals surface area contributed by atoms with Crippen LogP contribution < -0.4 is 5.73 Å². The average molecular weight is 277 g/mol. The van der Waals surface area contributed by atoms with E-state index in [1.54, 1.807) is 6.07 Å². The number of phenols is 2. The third-order valence-electron chi connectivity index (χ3n) is 3.00. The molecule has 6 nitrogen and oxygen atoms in total. The molecule has 0 bridgehead atoms. The van der Waals surface area contributed by atoms with Crippen LogP contribution in [0.4, 0.5) is 0 Å². The van der Waals surface area contributed by atoms with Crippen molar-refractivity contribution in [3.05, 3.63) is 23.8 Å². The molecule has 1 aromatic rings. The molecule has 1 amide bonds. The second-order valence-corrected chi connectivity index (χ2v) is 4.46. The summed E-state index contributed by atoms with van der Waals surface area (Å²) in [6, 6.07) is 5.60. The third-order valence-corrected chi connectivity index (χ3v) is 3.00. The Labute approximate surface area is 118 Å². The highest BCUT2D eigenvalue weighted by Gasteiger charge is 2.20. The quantitative estimate of drug-likeness (QED) is 0.664. The monoisotopic (exact) mass is 277 g/mol. The molecule has 108 valence electrons. The van der Waals surface area contributed by atoms with Crippen molar-refractivity contribution in [2.45, 2.75) is 25.8 Å². The normalized spacial score (nSPS) is 11.7. The SMILES string of the molecule is CCN(CCC#N)C(=O)[C@@H](N)Cc1ccc(O)c(O)c1. The minimum absolute atomic E-state index is 0.210.